The van der Waals surface area contributed by atoms with E-state index in [1.54, 1.807) is 4.90 Å². The van der Waals surface area contributed by atoms with E-state index in [4.69, 9.17) is 5.73 Å². The van der Waals surface area contributed by atoms with Gasteiger partial charge in [-0.1, -0.05) is 0 Å². The highest BCUT2D eigenvalue weighted by atomic mass is 19.1. The predicted octanol–water partition coefficient (Wildman–Crippen LogP) is 1.42. The second-order valence-corrected chi connectivity index (χ2v) is 5.70. The van der Waals surface area contributed by atoms with Crippen LogP contribution in [0.3, 0.4) is 0 Å². The SMILES string of the molecule is NC1CCN(C(=O)CCCNC(=O)c2ccc(F)cc2F)CC1. The Balaban J connectivity index is 1.70. The van der Waals surface area contributed by atoms with Crippen LogP contribution in [0.1, 0.15) is 36.0 Å². The van der Waals surface area contributed by atoms with Crippen molar-refractivity contribution in [3.05, 3.63) is 35.4 Å². The molecule has 0 saturated carbocycles. The molecule has 1 aliphatic rings. The zero-order valence-electron chi connectivity index (χ0n) is 12.9. The van der Waals surface area contributed by atoms with Crippen molar-refractivity contribution in [2.75, 3.05) is 19.6 Å². The van der Waals surface area contributed by atoms with Crippen molar-refractivity contribution in [1.29, 1.82) is 0 Å². The van der Waals surface area contributed by atoms with E-state index in [1.807, 2.05) is 0 Å². The summed E-state index contributed by atoms with van der Waals surface area (Å²) in [5.41, 5.74) is 5.58. The zero-order valence-corrected chi connectivity index (χ0v) is 12.9. The fraction of sp³-hybridized carbons (Fsp3) is 0.500. The summed E-state index contributed by atoms with van der Waals surface area (Å²) in [6, 6.07) is 2.97. The van der Waals surface area contributed by atoms with Gasteiger partial charge in [0.05, 0.1) is 5.56 Å². The van der Waals surface area contributed by atoms with Gasteiger partial charge in [-0.25, -0.2) is 8.78 Å². The number of halogens is 2. The Morgan fingerprint density at radius 3 is 2.61 bits per heavy atom. The lowest BCUT2D eigenvalue weighted by molar-refractivity contribution is -0.132. The maximum atomic E-state index is 13.4. The highest BCUT2D eigenvalue weighted by Crippen LogP contribution is 2.11. The summed E-state index contributed by atoms with van der Waals surface area (Å²) < 4.78 is 26.2. The van der Waals surface area contributed by atoms with Crippen molar-refractivity contribution in [2.24, 2.45) is 5.73 Å². The zero-order chi connectivity index (χ0) is 16.8. The van der Waals surface area contributed by atoms with Crippen molar-refractivity contribution in [3.63, 3.8) is 0 Å². The molecule has 3 N–H and O–H groups in total. The molecule has 0 aromatic heterocycles. The third kappa shape index (κ3) is 4.99. The van der Waals surface area contributed by atoms with Crippen molar-refractivity contribution >= 4 is 11.8 Å². The molecule has 1 aromatic carbocycles. The Morgan fingerprint density at radius 2 is 1.96 bits per heavy atom. The first-order valence-corrected chi connectivity index (χ1v) is 7.74. The maximum Gasteiger partial charge on any atom is 0.254 e. The molecule has 1 saturated heterocycles. The van der Waals surface area contributed by atoms with Crippen LogP contribution in [0.2, 0.25) is 0 Å². The lowest BCUT2D eigenvalue weighted by Gasteiger charge is -2.30. The van der Waals surface area contributed by atoms with Gasteiger partial charge in [0.25, 0.3) is 5.91 Å². The second-order valence-electron chi connectivity index (χ2n) is 5.70. The Morgan fingerprint density at radius 1 is 1.26 bits per heavy atom. The number of carbonyl (C=O) groups is 2. The first kappa shape index (κ1) is 17.3. The van der Waals surface area contributed by atoms with Gasteiger partial charge >= 0.3 is 0 Å². The average molecular weight is 325 g/mol. The molecule has 1 aliphatic heterocycles. The van der Waals surface area contributed by atoms with Crippen LogP contribution in [0.4, 0.5) is 8.78 Å². The summed E-state index contributed by atoms with van der Waals surface area (Å²) in [6.07, 6.45) is 2.41. The van der Waals surface area contributed by atoms with E-state index in [-0.39, 0.29) is 24.1 Å². The summed E-state index contributed by atoms with van der Waals surface area (Å²) in [4.78, 5) is 25.5. The molecule has 5 nitrogen and oxygen atoms in total. The lowest BCUT2D eigenvalue weighted by atomic mass is 10.1. The predicted molar refractivity (Wildman–Crippen MR) is 81.7 cm³/mol. The van der Waals surface area contributed by atoms with Gasteiger partial charge in [0.2, 0.25) is 5.91 Å². The summed E-state index contributed by atoms with van der Waals surface area (Å²) >= 11 is 0. The summed E-state index contributed by atoms with van der Waals surface area (Å²) in [5.74, 6) is -2.20. The monoisotopic (exact) mass is 325 g/mol. The Labute approximate surface area is 133 Å². The molecule has 0 bridgehead atoms. The number of nitrogens with one attached hydrogen (secondary N) is 1. The summed E-state index contributed by atoms with van der Waals surface area (Å²) in [7, 11) is 0. The number of piperidine rings is 1. The Bertz CT molecular complexity index is 572. The van der Waals surface area contributed by atoms with Crippen LogP contribution in [0.15, 0.2) is 18.2 Å². The molecule has 0 unspecified atom stereocenters. The number of benzene rings is 1. The van der Waals surface area contributed by atoms with Gasteiger partial charge in [-0.2, -0.15) is 0 Å². The number of hydrogen-bond acceptors (Lipinski definition) is 3. The van der Waals surface area contributed by atoms with Crippen molar-refractivity contribution in [3.8, 4) is 0 Å². The molecule has 1 fully saturated rings. The van der Waals surface area contributed by atoms with Gasteiger partial charge in [-0.15, -0.1) is 0 Å². The van der Waals surface area contributed by atoms with Gasteiger partial charge in [0, 0.05) is 38.2 Å². The van der Waals surface area contributed by atoms with Crippen LogP contribution in [-0.4, -0.2) is 42.4 Å². The van der Waals surface area contributed by atoms with Crippen LogP contribution in [-0.2, 0) is 4.79 Å². The van der Waals surface area contributed by atoms with Crippen LogP contribution >= 0.6 is 0 Å². The number of nitrogens with zero attached hydrogens (tertiary/aromatic N) is 1. The van der Waals surface area contributed by atoms with Crippen LogP contribution in [0.5, 0.6) is 0 Å². The highest BCUT2D eigenvalue weighted by molar-refractivity contribution is 5.94. The molecule has 0 aliphatic carbocycles. The fourth-order valence-corrected chi connectivity index (χ4v) is 2.52. The number of amides is 2. The van der Waals surface area contributed by atoms with E-state index in [0.717, 1.165) is 25.0 Å². The fourth-order valence-electron chi connectivity index (χ4n) is 2.52. The number of hydrogen-bond donors (Lipinski definition) is 2. The normalized spacial score (nSPS) is 15.5. The largest absolute Gasteiger partial charge is 0.352 e. The van der Waals surface area contributed by atoms with Gasteiger partial charge in [0.15, 0.2) is 0 Å². The van der Waals surface area contributed by atoms with E-state index >= 15 is 0 Å². The van der Waals surface area contributed by atoms with E-state index in [2.05, 4.69) is 5.32 Å². The molecule has 1 heterocycles. The Kier molecular flexibility index (Phi) is 6.04. The van der Waals surface area contributed by atoms with E-state index in [0.29, 0.717) is 32.0 Å². The smallest absolute Gasteiger partial charge is 0.254 e. The molecular formula is C16H21F2N3O2. The number of carbonyl (C=O) groups excluding carboxylic acids is 2. The topological polar surface area (TPSA) is 75.4 Å². The lowest BCUT2D eigenvalue weighted by Crippen LogP contribution is -2.43. The van der Waals surface area contributed by atoms with Crippen LogP contribution < -0.4 is 11.1 Å². The quantitative estimate of drug-likeness (QED) is 0.804. The first-order chi connectivity index (χ1) is 11.0. The molecule has 0 atom stereocenters. The number of nitrogens with two attached hydrogens (primary N) is 1. The maximum absolute atomic E-state index is 13.4. The number of likely N-dealkylation sites (tertiary alicyclic amines) is 1. The molecule has 126 valence electrons. The number of rotatable bonds is 5. The molecule has 7 heteroatoms. The molecule has 0 radical (unpaired) electrons. The molecule has 2 amide bonds. The summed E-state index contributed by atoms with van der Waals surface area (Å²) in [6.45, 7) is 1.61. The Hall–Kier alpha value is -2.02. The van der Waals surface area contributed by atoms with Crippen molar-refractivity contribution < 1.29 is 18.4 Å². The van der Waals surface area contributed by atoms with Crippen molar-refractivity contribution in [1.82, 2.24) is 10.2 Å². The van der Waals surface area contributed by atoms with Crippen LogP contribution in [0, 0.1) is 11.6 Å². The van der Waals surface area contributed by atoms with E-state index < -0.39 is 17.5 Å². The molecule has 1 aromatic rings. The first-order valence-electron chi connectivity index (χ1n) is 7.74. The van der Waals surface area contributed by atoms with Gasteiger partial charge in [0.1, 0.15) is 11.6 Å². The van der Waals surface area contributed by atoms with E-state index in [1.165, 1.54) is 0 Å². The standard InChI is InChI=1S/C16H21F2N3O2/c17-11-3-4-13(14(18)10-11)16(23)20-7-1-2-15(22)21-8-5-12(19)6-9-21/h3-4,10,12H,1-2,5-9,19H2,(H,20,23). The molecule has 2 rings (SSSR count). The molecular weight excluding hydrogens is 304 g/mol. The average Bonchev–Trinajstić information content (AvgIpc) is 2.51. The minimum Gasteiger partial charge on any atom is -0.352 e. The molecule has 0 spiro atoms. The minimum absolute atomic E-state index is 0.0408. The van der Waals surface area contributed by atoms with Gasteiger partial charge in [-0.3, -0.25) is 9.59 Å². The summed E-state index contributed by atoms with van der Waals surface area (Å²) in [5, 5.41) is 2.53. The van der Waals surface area contributed by atoms with E-state index in [9.17, 15) is 18.4 Å². The third-order valence-corrected chi connectivity index (χ3v) is 3.92. The van der Waals surface area contributed by atoms with Crippen LogP contribution in [0.25, 0.3) is 0 Å². The third-order valence-electron chi connectivity index (χ3n) is 3.92. The minimum atomic E-state index is -0.900. The second kappa shape index (κ2) is 8.01. The van der Waals surface area contributed by atoms with Gasteiger partial charge in [-0.05, 0) is 31.4 Å². The van der Waals surface area contributed by atoms with Gasteiger partial charge < -0.3 is 16.0 Å². The highest BCUT2D eigenvalue weighted by Gasteiger charge is 2.20. The molecule has 23 heavy (non-hydrogen) atoms. The van der Waals surface area contributed by atoms with Crippen molar-refractivity contribution in [2.45, 2.75) is 31.7 Å².